The molecule has 1 amide bonds. The van der Waals surface area contributed by atoms with E-state index in [9.17, 15) is 4.79 Å². The molecule has 0 fully saturated rings. The number of hydrogen-bond acceptors (Lipinski definition) is 7. The SMILES string of the molecule is COc1ccc(-c2noc(CSCC(=O)Nc3cc(C)c(Cl)cc3OC)n2)cc1. The summed E-state index contributed by atoms with van der Waals surface area (Å²) in [4.78, 5) is 16.6. The van der Waals surface area contributed by atoms with Crippen LogP contribution in [-0.2, 0) is 10.5 Å². The Bertz CT molecular complexity index is 992. The Morgan fingerprint density at radius 2 is 1.97 bits per heavy atom. The number of methoxy groups -OCH3 is 2. The fourth-order valence-electron chi connectivity index (χ4n) is 2.52. The molecule has 0 aliphatic heterocycles. The number of carbonyl (C=O) groups is 1. The van der Waals surface area contributed by atoms with Crippen LogP contribution < -0.4 is 14.8 Å². The summed E-state index contributed by atoms with van der Waals surface area (Å²) in [7, 11) is 3.14. The first-order chi connectivity index (χ1) is 14.0. The van der Waals surface area contributed by atoms with Crippen LogP contribution in [0, 0.1) is 6.92 Å². The number of amides is 1. The van der Waals surface area contributed by atoms with Crippen LogP contribution >= 0.6 is 23.4 Å². The number of benzene rings is 2. The number of halogens is 1. The van der Waals surface area contributed by atoms with Crippen molar-refractivity contribution in [2.45, 2.75) is 12.7 Å². The molecule has 3 rings (SSSR count). The second-order valence-electron chi connectivity index (χ2n) is 6.08. The van der Waals surface area contributed by atoms with Crippen molar-refractivity contribution in [1.29, 1.82) is 0 Å². The summed E-state index contributed by atoms with van der Waals surface area (Å²) in [6.45, 7) is 1.86. The third-order valence-corrected chi connectivity index (χ3v) is 5.35. The fourth-order valence-corrected chi connectivity index (χ4v) is 3.32. The average molecular weight is 434 g/mol. The van der Waals surface area contributed by atoms with Crippen molar-refractivity contribution in [3.8, 4) is 22.9 Å². The average Bonchev–Trinajstić information content (AvgIpc) is 3.19. The predicted octanol–water partition coefficient (Wildman–Crippen LogP) is 4.59. The first-order valence-electron chi connectivity index (χ1n) is 8.69. The van der Waals surface area contributed by atoms with Crippen LogP contribution in [0.3, 0.4) is 0 Å². The maximum atomic E-state index is 12.3. The fraction of sp³-hybridized carbons (Fsp3) is 0.250. The Morgan fingerprint density at radius 3 is 2.66 bits per heavy atom. The Morgan fingerprint density at radius 1 is 1.21 bits per heavy atom. The van der Waals surface area contributed by atoms with Crippen LogP contribution in [0.25, 0.3) is 11.4 Å². The second kappa shape index (κ2) is 9.67. The molecule has 1 aromatic heterocycles. The van der Waals surface area contributed by atoms with E-state index >= 15 is 0 Å². The van der Waals surface area contributed by atoms with Gasteiger partial charge in [-0.2, -0.15) is 4.98 Å². The number of aryl methyl sites for hydroxylation is 1. The highest BCUT2D eigenvalue weighted by Crippen LogP contribution is 2.31. The third-order valence-electron chi connectivity index (χ3n) is 4.03. The molecule has 0 aliphatic carbocycles. The quantitative estimate of drug-likeness (QED) is 0.556. The molecular formula is C20H20ClN3O4S. The number of nitrogens with zero attached hydrogens (tertiary/aromatic N) is 2. The smallest absolute Gasteiger partial charge is 0.236 e. The highest BCUT2D eigenvalue weighted by atomic mass is 35.5. The van der Waals surface area contributed by atoms with Gasteiger partial charge in [0.25, 0.3) is 0 Å². The van der Waals surface area contributed by atoms with Gasteiger partial charge in [0, 0.05) is 16.7 Å². The highest BCUT2D eigenvalue weighted by Gasteiger charge is 2.13. The number of aromatic nitrogens is 2. The lowest BCUT2D eigenvalue weighted by molar-refractivity contribution is -0.113. The van der Waals surface area contributed by atoms with Gasteiger partial charge in [-0.25, -0.2) is 0 Å². The molecule has 9 heteroatoms. The van der Waals surface area contributed by atoms with E-state index < -0.39 is 0 Å². The van der Waals surface area contributed by atoms with E-state index in [1.807, 2.05) is 31.2 Å². The highest BCUT2D eigenvalue weighted by molar-refractivity contribution is 7.99. The van der Waals surface area contributed by atoms with Gasteiger partial charge in [-0.05, 0) is 42.8 Å². The molecule has 1 N–H and O–H groups in total. The maximum absolute atomic E-state index is 12.3. The van der Waals surface area contributed by atoms with Gasteiger partial charge in [0.15, 0.2) is 0 Å². The lowest BCUT2D eigenvalue weighted by atomic mass is 10.2. The predicted molar refractivity (Wildman–Crippen MR) is 114 cm³/mol. The molecule has 0 unspecified atom stereocenters. The number of ether oxygens (including phenoxy) is 2. The molecule has 0 saturated carbocycles. The van der Waals surface area contributed by atoms with E-state index in [1.54, 1.807) is 19.2 Å². The number of thioether (sulfide) groups is 1. The minimum absolute atomic E-state index is 0.162. The zero-order valence-electron chi connectivity index (χ0n) is 16.2. The summed E-state index contributed by atoms with van der Waals surface area (Å²) >= 11 is 7.46. The summed E-state index contributed by atoms with van der Waals surface area (Å²) < 4.78 is 15.7. The van der Waals surface area contributed by atoms with Crippen molar-refractivity contribution in [3.63, 3.8) is 0 Å². The molecular weight excluding hydrogens is 414 g/mol. The van der Waals surface area contributed by atoms with Gasteiger partial charge in [0.1, 0.15) is 11.5 Å². The van der Waals surface area contributed by atoms with E-state index in [4.69, 9.17) is 25.6 Å². The molecule has 2 aromatic carbocycles. The normalized spacial score (nSPS) is 10.6. The van der Waals surface area contributed by atoms with E-state index in [2.05, 4.69) is 15.5 Å². The van der Waals surface area contributed by atoms with Crippen LogP contribution in [0.4, 0.5) is 5.69 Å². The molecule has 1 heterocycles. The summed E-state index contributed by atoms with van der Waals surface area (Å²) in [5.74, 6) is 2.71. The first kappa shape index (κ1) is 21.0. The first-order valence-corrected chi connectivity index (χ1v) is 10.2. The number of rotatable bonds is 8. The van der Waals surface area contributed by atoms with Gasteiger partial charge in [-0.3, -0.25) is 4.79 Å². The maximum Gasteiger partial charge on any atom is 0.236 e. The van der Waals surface area contributed by atoms with Gasteiger partial charge < -0.3 is 19.3 Å². The standard InChI is InChI=1S/C20H20ClN3O4S/c1-12-8-16(17(27-3)9-15(12)21)22-18(25)10-29-11-19-23-20(24-28-19)13-4-6-14(26-2)7-5-13/h4-9H,10-11H2,1-3H3,(H,22,25). The molecule has 0 saturated heterocycles. The van der Waals surface area contributed by atoms with Crippen LogP contribution in [0.1, 0.15) is 11.5 Å². The Labute approximate surface area is 177 Å². The number of carbonyl (C=O) groups excluding carboxylic acids is 1. The summed E-state index contributed by atoms with van der Waals surface area (Å²) in [5, 5.41) is 7.40. The zero-order valence-corrected chi connectivity index (χ0v) is 17.8. The van der Waals surface area contributed by atoms with E-state index in [0.29, 0.717) is 33.9 Å². The largest absolute Gasteiger partial charge is 0.497 e. The monoisotopic (exact) mass is 433 g/mol. The van der Waals surface area contributed by atoms with Crippen LogP contribution in [-0.4, -0.2) is 36.0 Å². The van der Waals surface area contributed by atoms with Crippen molar-refractivity contribution in [2.24, 2.45) is 0 Å². The molecule has 0 aliphatic rings. The Balaban J connectivity index is 1.53. The van der Waals surface area contributed by atoms with E-state index in [0.717, 1.165) is 16.9 Å². The van der Waals surface area contributed by atoms with E-state index in [-0.39, 0.29) is 11.7 Å². The third kappa shape index (κ3) is 5.42. The zero-order chi connectivity index (χ0) is 20.8. The summed E-state index contributed by atoms with van der Waals surface area (Å²) in [5.41, 5.74) is 2.26. The van der Waals surface area contributed by atoms with Gasteiger partial charge >= 0.3 is 0 Å². The van der Waals surface area contributed by atoms with Crippen molar-refractivity contribution in [2.75, 3.05) is 25.3 Å². The van der Waals surface area contributed by atoms with Crippen molar-refractivity contribution < 1.29 is 18.8 Å². The molecule has 3 aromatic rings. The molecule has 152 valence electrons. The van der Waals surface area contributed by atoms with Crippen LogP contribution in [0.2, 0.25) is 5.02 Å². The molecule has 0 bridgehead atoms. The Hall–Kier alpha value is -2.71. The lowest BCUT2D eigenvalue weighted by Gasteiger charge is -2.12. The van der Waals surface area contributed by atoms with Gasteiger partial charge in [0.2, 0.25) is 17.6 Å². The lowest BCUT2D eigenvalue weighted by Crippen LogP contribution is -2.15. The molecule has 0 radical (unpaired) electrons. The molecule has 29 heavy (non-hydrogen) atoms. The van der Waals surface area contributed by atoms with Gasteiger partial charge in [-0.1, -0.05) is 16.8 Å². The van der Waals surface area contributed by atoms with E-state index in [1.165, 1.54) is 18.9 Å². The minimum atomic E-state index is -0.162. The van der Waals surface area contributed by atoms with Crippen LogP contribution in [0.5, 0.6) is 11.5 Å². The van der Waals surface area contributed by atoms with Crippen molar-refractivity contribution in [3.05, 3.63) is 52.9 Å². The molecule has 7 nitrogen and oxygen atoms in total. The van der Waals surface area contributed by atoms with Crippen molar-refractivity contribution in [1.82, 2.24) is 10.1 Å². The topological polar surface area (TPSA) is 86.5 Å². The van der Waals surface area contributed by atoms with Gasteiger partial charge in [-0.15, -0.1) is 11.8 Å². The number of hydrogen-bond donors (Lipinski definition) is 1. The molecule has 0 atom stereocenters. The Kier molecular flexibility index (Phi) is 7.00. The number of anilines is 1. The minimum Gasteiger partial charge on any atom is -0.497 e. The van der Waals surface area contributed by atoms with Crippen molar-refractivity contribution >= 4 is 35.0 Å². The van der Waals surface area contributed by atoms with Crippen LogP contribution in [0.15, 0.2) is 40.9 Å². The molecule has 0 spiro atoms. The summed E-state index contributed by atoms with van der Waals surface area (Å²) in [6, 6.07) is 10.8. The number of nitrogens with one attached hydrogen (secondary N) is 1. The second-order valence-corrected chi connectivity index (χ2v) is 7.48. The summed E-state index contributed by atoms with van der Waals surface area (Å²) in [6.07, 6.45) is 0. The van der Waals surface area contributed by atoms with Gasteiger partial charge in [0.05, 0.1) is 31.4 Å².